The molecule has 1 unspecified atom stereocenters. The molecule has 1 atom stereocenters. The molecule has 3 aliphatic rings. The first kappa shape index (κ1) is 26.8. The normalized spacial score (nSPS) is 22.3. The van der Waals surface area contributed by atoms with Gasteiger partial charge in [-0.2, -0.15) is 0 Å². The second kappa shape index (κ2) is 9.88. The highest BCUT2D eigenvalue weighted by Crippen LogP contribution is 2.41. The standard InChI is InChI=1S/C29H29F2N3O5S/c30-29(31)9-7-28(8-10-29,26(36)34-27(17-32)5-6-27)33-25(35)24-15-20-3-1-19(14-23(20)39-24)18-2-4-21-16-40(37)12-11-38-22(21)13-18/h1-4,13-15,17,32H,5-12,16H2,(H,33,35)(H,34,36). The number of ether oxygens (including phenoxy) is 1. The second-order valence-corrected chi connectivity index (χ2v) is 12.5. The average Bonchev–Trinajstić information content (AvgIpc) is 3.62. The molecule has 3 N–H and O–H groups in total. The van der Waals surface area contributed by atoms with Gasteiger partial charge in [-0.3, -0.25) is 9.59 Å². The van der Waals surface area contributed by atoms with Crippen molar-refractivity contribution >= 4 is 40.2 Å². The van der Waals surface area contributed by atoms with E-state index in [1.807, 2.05) is 30.3 Å². The zero-order valence-electron chi connectivity index (χ0n) is 21.7. The van der Waals surface area contributed by atoms with E-state index < -0.39 is 52.8 Å². The van der Waals surface area contributed by atoms with E-state index >= 15 is 0 Å². The van der Waals surface area contributed by atoms with Gasteiger partial charge in [0.15, 0.2) is 5.76 Å². The van der Waals surface area contributed by atoms with Crippen LogP contribution in [0.4, 0.5) is 8.78 Å². The minimum absolute atomic E-state index is 0.0300. The molecule has 1 aromatic heterocycles. The van der Waals surface area contributed by atoms with E-state index in [1.165, 1.54) is 0 Å². The largest absolute Gasteiger partial charge is 0.616 e. The summed E-state index contributed by atoms with van der Waals surface area (Å²) in [5.41, 5.74) is 0.764. The first-order chi connectivity index (χ1) is 19.1. The monoisotopic (exact) mass is 569 g/mol. The average molecular weight is 570 g/mol. The summed E-state index contributed by atoms with van der Waals surface area (Å²) in [5.74, 6) is -2.51. The molecule has 11 heteroatoms. The lowest BCUT2D eigenvalue weighted by atomic mass is 9.78. The summed E-state index contributed by atoms with van der Waals surface area (Å²) < 4.78 is 51.7. The Bertz CT molecular complexity index is 1490. The van der Waals surface area contributed by atoms with E-state index in [9.17, 15) is 22.9 Å². The number of hydrogen-bond donors (Lipinski definition) is 3. The van der Waals surface area contributed by atoms with Gasteiger partial charge in [0.2, 0.25) is 11.8 Å². The van der Waals surface area contributed by atoms with Crippen molar-refractivity contribution in [3.05, 3.63) is 53.8 Å². The molecule has 8 nitrogen and oxygen atoms in total. The maximum atomic E-state index is 14.0. The van der Waals surface area contributed by atoms with Gasteiger partial charge in [-0.25, -0.2) is 8.78 Å². The Morgan fingerprint density at radius 3 is 2.42 bits per heavy atom. The van der Waals surface area contributed by atoms with Crippen LogP contribution in [0.15, 0.2) is 46.9 Å². The van der Waals surface area contributed by atoms with Gasteiger partial charge in [0.25, 0.3) is 5.91 Å². The molecule has 2 aliphatic carbocycles. The Morgan fingerprint density at radius 1 is 0.975 bits per heavy atom. The third-order valence-corrected chi connectivity index (χ3v) is 9.33. The van der Waals surface area contributed by atoms with Crippen LogP contribution in [0.1, 0.15) is 54.6 Å². The molecule has 3 aromatic rings. The molecule has 0 radical (unpaired) electrons. The number of nitrogens with one attached hydrogen (secondary N) is 3. The third-order valence-electron chi connectivity index (χ3n) is 8.08. The van der Waals surface area contributed by atoms with Crippen molar-refractivity contribution in [2.24, 2.45) is 0 Å². The van der Waals surface area contributed by atoms with Gasteiger partial charge in [-0.1, -0.05) is 18.2 Å². The van der Waals surface area contributed by atoms with E-state index in [-0.39, 0.29) is 18.6 Å². The number of fused-ring (bicyclic) bond motifs is 2. The maximum absolute atomic E-state index is 14.0. The van der Waals surface area contributed by atoms with Crippen LogP contribution in [0.2, 0.25) is 0 Å². The van der Waals surface area contributed by atoms with E-state index in [4.69, 9.17) is 14.6 Å². The van der Waals surface area contributed by atoms with Gasteiger partial charge < -0.3 is 29.7 Å². The molecule has 0 spiro atoms. The lowest BCUT2D eigenvalue weighted by molar-refractivity contribution is -0.133. The van der Waals surface area contributed by atoms with Gasteiger partial charge in [-0.05, 0) is 72.3 Å². The molecule has 0 bridgehead atoms. The van der Waals surface area contributed by atoms with Crippen molar-refractivity contribution in [3.8, 4) is 16.9 Å². The lowest BCUT2D eigenvalue weighted by Crippen LogP contribution is -2.63. The fourth-order valence-electron chi connectivity index (χ4n) is 5.32. The number of furan rings is 1. The van der Waals surface area contributed by atoms with Gasteiger partial charge in [0.1, 0.15) is 35.0 Å². The summed E-state index contributed by atoms with van der Waals surface area (Å²) >= 11 is -0.956. The highest BCUT2D eigenvalue weighted by atomic mass is 32.2. The summed E-state index contributed by atoms with van der Waals surface area (Å²) in [5, 5.41) is 13.8. The molecule has 1 aliphatic heterocycles. The minimum atomic E-state index is -2.90. The van der Waals surface area contributed by atoms with E-state index in [0.717, 1.165) is 22.9 Å². The number of hydrogen-bond acceptors (Lipinski definition) is 6. The number of halogens is 2. The van der Waals surface area contributed by atoms with Crippen molar-refractivity contribution < 1.29 is 32.1 Å². The van der Waals surface area contributed by atoms with Crippen LogP contribution >= 0.6 is 0 Å². The molecular formula is C29H29F2N3O5S. The third kappa shape index (κ3) is 5.19. The molecule has 2 fully saturated rings. The van der Waals surface area contributed by atoms with E-state index in [2.05, 4.69) is 10.6 Å². The zero-order chi connectivity index (χ0) is 28.1. The van der Waals surface area contributed by atoms with Crippen LogP contribution in [0, 0.1) is 5.41 Å². The minimum Gasteiger partial charge on any atom is -0.616 e. The number of rotatable bonds is 6. The van der Waals surface area contributed by atoms with Gasteiger partial charge in [0.05, 0.1) is 5.54 Å². The molecule has 2 aromatic carbocycles. The molecular weight excluding hydrogens is 540 g/mol. The fraction of sp³-hybridized carbons (Fsp3) is 0.414. The predicted octanol–water partition coefficient (Wildman–Crippen LogP) is 4.72. The van der Waals surface area contributed by atoms with Crippen LogP contribution in [0.3, 0.4) is 0 Å². The SMILES string of the molecule is N=CC1(NC(=O)C2(NC(=O)c3cc4ccc(-c5ccc6c(c5)OCC[S+]([O-])C6)cc4o3)CCC(F)(F)CC2)CC1. The number of carbonyl (C=O) groups excluding carboxylic acids is 2. The predicted molar refractivity (Wildman–Crippen MR) is 146 cm³/mol. The van der Waals surface area contributed by atoms with Crippen molar-refractivity contribution in [1.82, 2.24) is 10.6 Å². The zero-order valence-corrected chi connectivity index (χ0v) is 22.5. The summed E-state index contributed by atoms with van der Waals surface area (Å²) in [6.45, 7) is 0.387. The van der Waals surface area contributed by atoms with Gasteiger partial charge in [-0.15, -0.1) is 0 Å². The van der Waals surface area contributed by atoms with Crippen LogP contribution in [-0.2, 0) is 21.7 Å². The molecule has 210 valence electrons. The molecule has 6 rings (SSSR count). The van der Waals surface area contributed by atoms with Crippen LogP contribution in [-0.4, -0.2) is 51.9 Å². The first-order valence-corrected chi connectivity index (χ1v) is 14.8. The lowest BCUT2D eigenvalue weighted by Gasteiger charge is -2.39. The number of carbonyl (C=O) groups is 2. The number of amides is 2. The van der Waals surface area contributed by atoms with Gasteiger partial charge in [0, 0.05) is 30.0 Å². The summed E-state index contributed by atoms with van der Waals surface area (Å²) in [7, 11) is 0. The topological polar surface area (TPSA) is 127 Å². The van der Waals surface area contributed by atoms with Crippen LogP contribution in [0.25, 0.3) is 22.1 Å². The van der Waals surface area contributed by atoms with Crippen molar-refractivity contribution in [2.75, 3.05) is 12.4 Å². The Labute approximate surface area is 232 Å². The quantitative estimate of drug-likeness (QED) is 0.293. The fourth-order valence-corrected chi connectivity index (χ4v) is 6.32. The van der Waals surface area contributed by atoms with Crippen LogP contribution in [0.5, 0.6) is 5.75 Å². The number of alkyl halides is 2. The highest BCUT2D eigenvalue weighted by molar-refractivity contribution is 7.90. The first-order valence-electron chi connectivity index (χ1n) is 13.3. The molecule has 2 heterocycles. The molecule has 2 amide bonds. The van der Waals surface area contributed by atoms with Crippen molar-refractivity contribution in [1.29, 1.82) is 5.41 Å². The highest BCUT2D eigenvalue weighted by Gasteiger charge is 2.52. The molecule has 2 saturated carbocycles. The van der Waals surface area contributed by atoms with Crippen molar-refractivity contribution in [2.45, 2.75) is 61.3 Å². The molecule has 40 heavy (non-hydrogen) atoms. The van der Waals surface area contributed by atoms with E-state index in [0.29, 0.717) is 47.7 Å². The number of benzene rings is 2. The van der Waals surface area contributed by atoms with E-state index in [1.54, 1.807) is 12.1 Å². The van der Waals surface area contributed by atoms with Crippen LogP contribution < -0.4 is 15.4 Å². The second-order valence-electron chi connectivity index (χ2n) is 11.0. The van der Waals surface area contributed by atoms with Gasteiger partial charge >= 0.3 is 0 Å². The Balaban J connectivity index is 1.24. The maximum Gasteiger partial charge on any atom is 0.287 e. The summed E-state index contributed by atoms with van der Waals surface area (Å²) in [6, 6.07) is 12.8. The van der Waals surface area contributed by atoms with Crippen molar-refractivity contribution in [3.63, 3.8) is 0 Å². The Kier molecular flexibility index (Phi) is 6.61. The Hall–Kier alpha value is -3.44. The molecule has 0 saturated heterocycles. The Morgan fingerprint density at radius 2 is 1.70 bits per heavy atom. The summed E-state index contributed by atoms with van der Waals surface area (Å²) in [4.78, 5) is 26.6. The smallest absolute Gasteiger partial charge is 0.287 e. The summed E-state index contributed by atoms with van der Waals surface area (Å²) in [6.07, 6.45) is 0.874.